The lowest BCUT2D eigenvalue weighted by molar-refractivity contribution is -0.134. The van der Waals surface area contributed by atoms with Crippen LogP contribution in [0.25, 0.3) is 0 Å². The van der Waals surface area contributed by atoms with Gasteiger partial charge in [-0.1, -0.05) is 40.2 Å². The molecule has 2 amide bonds. The molecule has 122 valence electrons. The molecule has 0 fully saturated rings. The van der Waals surface area contributed by atoms with Crippen molar-refractivity contribution in [2.75, 3.05) is 6.54 Å². The number of para-hydroxylation sites is 1. The highest BCUT2D eigenvalue weighted by Gasteiger charge is 2.35. The first-order valence-electron chi connectivity index (χ1n) is 7.37. The van der Waals surface area contributed by atoms with E-state index in [4.69, 9.17) is 4.74 Å². The lowest BCUT2D eigenvalue weighted by Gasteiger charge is -2.19. The molecular formula is C18H14BrNO4. The Morgan fingerprint density at radius 3 is 2.50 bits per heavy atom. The van der Waals surface area contributed by atoms with Crippen molar-refractivity contribution in [2.24, 2.45) is 0 Å². The second-order valence-corrected chi connectivity index (χ2v) is 6.33. The standard InChI is InChI=1S/C18H14BrNO4/c1-11-17(22)20(10-15(21)12-6-8-13(19)9-7-12)18(23)14-4-2-3-5-16(14)24-11/h2-9,11H,10H2,1H3/t11-/m0/s1. The summed E-state index contributed by atoms with van der Waals surface area (Å²) in [6.07, 6.45) is -0.838. The van der Waals surface area contributed by atoms with Gasteiger partial charge < -0.3 is 4.74 Å². The van der Waals surface area contributed by atoms with Gasteiger partial charge in [-0.05, 0) is 31.2 Å². The Hall–Kier alpha value is -2.47. The normalized spacial score (nSPS) is 17.1. The predicted octanol–water partition coefficient (Wildman–Crippen LogP) is 3.08. The number of benzene rings is 2. The van der Waals surface area contributed by atoms with E-state index in [1.54, 1.807) is 55.5 Å². The molecule has 5 nitrogen and oxygen atoms in total. The first kappa shape index (κ1) is 16.4. The van der Waals surface area contributed by atoms with Crippen LogP contribution in [0.15, 0.2) is 53.0 Å². The number of ether oxygens (including phenoxy) is 1. The van der Waals surface area contributed by atoms with Gasteiger partial charge in [-0.2, -0.15) is 0 Å². The number of halogens is 1. The Bertz CT molecular complexity index is 816. The number of imide groups is 1. The molecule has 1 heterocycles. The second-order valence-electron chi connectivity index (χ2n) is 5.42. The van der Waals surface area contributed by atoms with E-state index in [9.17, 15) is 14.4 Å². The number of hydrogen-bond donors (Lipinski definition) is 0. The largest absolute Gasteiger partial charge is 0.480 e. The van der Waals surface area contributed by atoms with Crippen molar-refractivity contribution in [2.45, 2.75) is 13.0 Å². The molecule has 0 saturated heterocycles. The molecule has 24 heavy (non-hydrogen) atoms. The van der Waals surface area contributed by atoms with Gasteiger partial charge in [0.2, 0.25) is 0 Å². The Morgan fingerprint density at radius 2 is 1.79 bits per heavy atom. The molecule has 6 heteroatoms. The van der Waals surface area contributed by atoms with Crippen LogP contribution in [-0.4, -0.2) is 35.1 Å². The van der Waals surface area contributed by atoms with Gasteiger partial charge in [-0.3, -0.25) is 19.3 Å². The first-order chi connectivity index (χ1) is 11.5. The third-order valence-electron chi connectivity index (χ3n) is 3.75. The fraction of sp³-hybridized carbons (Fsp3) is 0.167. The third kappa shape index (κ3) is 3.10. The summed E-state index contributed by atoms with van der Waals surface area (Å²) >= 11 is 3.30. The fourth-order valence-corrected chi connectivity index (χ4v) is 2.74. The Balaban J connectivity index is 1.91. The molecule has 2 aromatic carbocycles. The van der Waals surface area contributed by atoms with Gasteiger partial charge in [0.05, 0.1) is 12.1 Å². The van der Waals surface area contributed by atoms with Crippen molar-refractivity contribution in [3.05, 3.63) is 64.1 Å². The SMILES string of the molecule is C[C@@H]1Oc2ccccc2C(=O)N(CC(=O)c2ccc(Br)cc2)C1=O. The maximum Gasteiger partial charge on any atom is 0.270 e. The molecule has 1 aliphatic heterocycles. The van der Waals surface area contributed by atoms with Crippen LogP contribution in [0.1, 0.15) is 27.6 Å². The summed E-state index contributed by atoms with van der Waals surface area (Å²) in [5, 5.41) is 0. The number of rotatable bonds is 3. The summed E-state index contributed by atoms with van der Waals surface area (Å²) in [4.78, 5) is 38.5. The molecule has 0 bridgehead atoms. The molecule has 1 aliphatic rings. The molecule has 0 aliphatic carbocycles. The van der Waals surface area contributed by atoms with Gasteiger partial charge in [0.1, 0.15) is 5.75 Å². The van der Waals surface area contributed by atoms with Crippen LogP contribution >= 0.6 is 15.9 Å². The van der Waals surface area contributed by atoms with E-state index in [2.05, 4.69) is 15.9 Å². The van der Waals surface area contributed by atoms with E-state index >= 15 is 0 Å². The lowest BCUT2D eigenvalue weighted by atomic mass is 10.1. The minimum Gasteiger partial charge on any atom is -0.480 e. The summed E-state index contributed by atoms with van der Waals surface area (Å²) in [6.45, 7) is 1.25. The Labute approximate surface area is 147 Å². The smallest absolute Gasteiger partial charge is 0.270 e. The van der Waals surface area contributed by atoms with E-state index in [1.807, 2.05) is 0 Å². The van der Waals surface area contributed by atoms with Crippen molar-refractivity contribution < 1.29 is 19.1 Å². The van der Waals surface area contributed by atoms with Crippen LogP contribution in [0.3, 0.4) is 0 Å². The highest BCUT2D eigenvalue weighted by atomic mass is 79.9. The molecule has 0 spiro atoms. The van der Waals surface area contributed by atoms with Crippen LogP contribution in [0.5, 0.6) is 5.75 Å². The maximum atomic E-state index is 12.7. The Kier molecular flexibility index (Phi) is 4.49. The highest BCUT2D eigenvalue weighted by Crippen LogP contribution is 2.25. The van der Waals surface area contributed by atoms with Crippen molar-refractivity contribution in [3.8, 4) is 5.75 Å². The maximum absolute atomic E-state index is 12.7. The summed E-state index contributed by atoms with van der Waals surface area (Å²) in [5.41, 5.74) is 0.712. The summed E-state index contributed by atoms with van der Waals surface area (Å²) < 4.78 is 6.39. The van der Waals surface area contributed by atoms with Gasteiger partial charge in [-0.15, -0.1) is 0 Å². The van der Waals surface area contributed by atoms with Gasteiger partial charge in [-0.25, -0.2) is 0 Å². The molecule has 0 saturated carbocycles. The fourth-order valence-electron chi connectivity index (χ4n) is 2.47. The minimum absolute atomic E-state index is 0.277. The zero-order valence-electron chi connectivity index (χ0n) is 12.9. The van der Waals surface area contributed by atoms with Crippen LogP contribution in [0, 0.1) is 0 Å². The van der Waals surface area contributed by atoms with Crippen molar-refractivity contribution in [1.82, 2.24) is 4.90 Å². The number of amides is 2. The van der Waals surface area contributed by atoms with Crippen LogP contribution in [0.4, 0.5) is 0 Å². The van der Waals surface area contributed by atoms with Gasteiger partial charge in [0.15, 0.2) is 11.9 Å². The molecule has 2 aromatic rings. The van der Waals surface area contributed by atoms with E-state index in [0.29, 0.717) is 11.3 Å². The first-order valence-corrected chi connectivity index (χ1v) is 8.17. The number of hydrogen-bond acceptors (Lipinski definition) is 4. The van der Waals surface area contributed by atoms with Gasteiger partial charge >= 0.3 is 0 Å². The molecule has 0 N–H and O–H groups in total. The second kappa shape index (κ2) is 6.57. The van der Waals surface area contributed by atoms with Crippen molar-refractivity contribution in [3.63, 3.8) is 0 Å². The number of carbonyl (C=O) groups excluding carboxylic acids is 3. The number of ketones is 1. The molecule has 0 aromatic heterocycles. The van der Waals surface area contributed by atoms with Gasteiger partial charge in [0, 0.05) is 10.0 Å². The van der Waals surface area contributed by atoms with Gasteiger partial charge in [0.25, 0.3) is 11.8 Å². The average Bonchev–Trinajstić information content (AvgIpc) is 2.66. The van der Waals surface area contributed by atoms with Crippen molar-refractivity contribution in [1.29, 1.82) is 0 Å². The zero-order valence-corrected chi connectivity index (χ0v) is 14.4. The molecule has 3 rings (SSSR count). The Morgan fingerprint density at radius 1 is 1.12 bits per heavy atom. The van der Waals surface area contributed by atoms with E-state index in [0.717, 1.165) is 9.37 Å². The molecule has 0 radical (unpaired) electrons. The van der Waals surface area contributed by atoms with Crippen LogP contribution in [0.2, 0.25) is 0 Å². The molecular weight excluding hydrogens is 374 g/mol. The van der Waals surface area contributed by atoms with Crippen LogP contribution in [-0.2, 0) is 4.79 Å². The minimum atomic E-state index is -0.838. The number of Topliss-reactive ketones (excluding diaryl/α,β-unsaturated/α-hetero) is 1. The van der Waals surface area contributed by atoms with E-state index < -0.39 is 17.9 Å². The number of carbonyl (C=O) groups is 3. The number of fused-ring (bicyclic) bond motifs is 1. The highest BCUT2D eigenvalue weighted by molar-refractivity contribution is 9.10. The van der Waals surface area contributed by atoms with Crippen molar-refractivity contribution >= 4 is 33.5 Å². The summed E-state index contributed by atoms with van der Waals surface area (Å²) in [7, 11) is 0. The quantitative estimate of drug-likeness (QED) is 0.599. The van der Waals surface area contributed by atoms with E-state index in [-0.39, 0.29) is 17.9 Å². The lowest BCUT2D eigenvalue weighted by Crippen LogP contribution is -2.44. The summed E-state index contributed by atoms with van der Waals surface area (Å²) in [5.74, 6) is -1.01. The average molecular weight is 388 g/mol. The molecule has 0 unspecified atom stereocenters. The zero-order chi connectivity index (χ0) is 17.3. The predicted molar refractivity (Wildman–Crippen MR) is 91.0 cm³/mol. The topological polar surface area (TPSA) is 63.7 Å². The van der Waals surface area contributed by atoms with E-state index in [1.165, 1.54) is 0 Å². The van der Waals surface area contributed by atoms with Crippen LogP contribution < -0.4 is 4.74 Å². The molecule has 1 atom stereocenters. The summed E-state index contributed by atoms with van der Waals surface area (Å²) in [6, 6.07) is 13.4. The number of nitrogens with zero attached hydrogens (tertiary/aromatic N) is 1. The monoisotopic (exact) mass is 387 g/mol. The third-order valence-corrected chi connectivity index (χ3v) is 4.28.